The number of hydrogen-bond acceptors (Lipinski definition) is 4. The number of nitrogens with two attached hydrogens (primary N) is 1. The largest absolute Gasteiger partial charge is 0.397 e. The van der Waals surface area contributed by atoms with Gasteiger partial charge in [-0.1, -0.05) is 6.92 Å². The van der Waals surface area contributed by atoms with Crippen LogP contribution in [0.4, 0.5) is 11.4 Å². The van der Waals surface area contributed by atoms with Gasteiger partial charge in [-0.2, -0.15) is 5.26 Å². The molecular formula is C11H15N3OS. The molecule has 0 aliphatic rings. The van der Waals surface area contributed by atoms with Crippen molar-refractivity contribution in [1.29, 1.82) is 5.26 Å². The molecule has 0 saturated carbocycles. The molecule has 16 heavy (non-hydrogen) atoms. The second kappa shape index (κ2) is 6.13. The molecule has 0 fully saturated rings. The summed E-state index contributed by atoms with van der Waals surface area (Å²) in [6, 6.07) is 7.11. The number of hydrogen-bond donors (Lipinski definition) is 2. The highest BCUT2D eigenvalue weighted by Gasteiger charge is 2.01. The van der Waals surface area contributed by atoms with Crippen LogP contribution in [0.1, 0.15) is 12.5 Å². The van der Waals surface area contributed by atoms with Crippen LogP contribution < -0.4 is 11.1 Å². The molecule has 86 valence electrons. The first kappa shape index (κ1) is 12.5. The monoisotopic (exact) mass is 237 g/mol. The number of nitrogen functional groups attached to an aromatic ring is 1. The van der Waals surface area contributed by atoms with Crippen molar-refractivity contribution in [3.8, 4) is 6.07 Å². The van der Waals surface area contributed by atoms with Crippen LogP contribution in [0.2, 0.25) is 0 Å². The lowest BCUT2D eigenvalue weighted by molar-refractivity contribution is 0.684. The van der Waals surface area contributed by atoms with Gasteiger partial charge >= 0.3 is 0 Å². The van der Waals surface area contributed by atoms with Crippen molar-refractivity contribution in [1.82, 2.24) is 0 Å². The summed E-state index contributed by atoms with van der Waals surface area (Å²) < 4.78 is 11.2. The fraction of sp³-hybridized carbons (Fsp3) is 0.364. The highest BCUT2D eigenvalue weighted by molar-refractivity contribution is 7.84. The van der Waals surface area contributed by atoms with Gasteiger partial charge in [-0.3, -0.25) is 4.21 Å². The molecule has 0 aliphatic carbocycles. The Hall–Kier alpha value is -1.54. The minimum atomic E-state index is -0.783. The van der Waals surface area contributed by atoms with Crippen molar-refractivity contribution in [3.63, 3.8) is 0 Å². The Labute approximate surface area is 97.9 Å². The first-order valence-corrected chi connectivity index (χ1v) is 6.54. The molecule has 0 radical (unpaired) electrons. The highest BCUT2D eigenvalue weighted by atomic mass is 32.2. The maximum atomic E-state index is 11.2. The first-order chi connectivity index (χ1) is 7.67. The number of nitriles is 1. The van der Waals surface area contributed by atoms with Gasteiger partial charge in [-0.15, -0.1) is 0 Å². The van der Waals surface area contributed by atoms with Gasteiger partial charge in [0.05, 0.1) is 23.0 Å². The van der Waals surface area contributed by atoms with Gasteiger partial charge < -0.3 is 11.1 Å². The summed E-state index contributed by atoms with van der Waals surface area (Å²) in [5.41, 5.74) is 7.64. The van der Waals surface area contributed by atoms with Gasteiger partial charge in [0.2, 0.25) is 0 Å². The number of benzene rings is 1. The molecular weight excluding hydrogens is 222 g/mol. The molecule has 0 spiro atoms. The molecule has 0 bridgehead atoms. The van der Waals surface area contributed by atoms with Gasteiger partial charge in [0.25, 0.3) is 0 Å². The Morgan fingerprint density at radius 1 is 1.56 bits per heavy atom. The van der Waals surface area contributed by atoms with Gasteiger partial charge in [0.1, 0.15) is 0 Å². The van der Waals surface area contributed by atoms with Gasteiger partial charge in [0, 0.05) is 28.9 Å². The van der Waals surface area contributed by atoms with Crippen LogP contribution in [0, 0.1) is 11.3 Å². The van der Waals surface area contributed by atoms with E-state index in [1.54, 1.807) is 18.2 Å². The number of rotatable bonds is 5. The van der Waals surface area contributed by atoms with Crippen LogP contribution in [0.5, 0.6) is 0 Å². The molecule has 0 aromatic heterocycles. The third kappa shape index (κ3) is 3.55. The van der Waals surface area contributed by atoms with Crippen molar-refractivity contribution in [2.45, 2.75) is 6.92 Å². The summed E-state index contributed by atoms with van der Waals surface area (Å²) in [5, 5.41) is 11.8. The van der Waals surface area contributed by atoms with Gasteiger partial charge in [0.15, 0.2) is 0 Å². The lowest BCUT2D eigenvalue weighted by Gasteiger charge is -2.08. The average Bonchev–Trinajstić information content (AvgIpc) is 2.31. The minimum Gasteiger partial charge on any atom is -0.397 e. The highest BCUT2D eigenvalue weighted by Crippen LogP contribution is 2.19. The van der Waals surface area contributed by atoms with E-state index < -0.39 is 10.8 Å². The standard InChI is InChI=1S/C11H15N3OS/c1-2-16(15)6-5-14-11-7-9(8-12)3-4-10(11)13/h3-4,7,14H,2,5-6,13H2,1H3. The van der Waals surface area contributed by atoms with E-state index in [0.29, 0.717) is 29.3 Å². The predicted molar refractivity (Wildman–Crippen MR) is 67.6 cm³/mol. The van der Waals surface area contributed by atoms with Crippen LogP contribution in [0.25, 0.3) is 0 Å². The van der Waals surface area contributed by atoms with Crippen molar-refractivity contribution < 1.29 is 4.21 Å². The number of nitrogens with one attached hydrogen (secondary N) is 1. The molecule has 0 amide bonds. The summed E-state index contributed by atoms with van der Waals surface area (Å²) in [7, 11) is -0.783. The van der Waals surface area contributed by atoms with E-state index in [9.17, 15) is 4.21 Å². The quantitative estimate of drug-likeness (QED) is 0.757. The summed E-state index contributed by atoms with van der Waals surface area (Å²) >= 11 is 0. The number of anilines is 2. The fourth-order valence-corrected chi connectivity index (χ4v) is 1.84. The minimum absolute atomic E-state index is 0.563. The maximum Gasteiger partial charge on any atom is 0.0992 e. The molecule has 1 aromatic rings. The molecule has 3 N–H and O–H groups in total. The molecule has 5 heteroatoms. The molecule has 1 unspecified atom stereocenters. The van der Waals surface area contributed by atoms with Crippen molar-refractivity contribution in [2.24, 2.45) is 0 Å². The summed E-state index contributed by atoms with van der Waals surface area (Å²) in [6.45, 7) is 2.49. The van der Waals surface area contributed by atoms with Crippen molar-refractivity contribution >= 4 is 22.2 Å². The van der Waals surface area contributed by atoms with E-state index >= 15 is 0 Å². The Bertz CT molecular complexity index is 426. The molecule has 4 nitrogen and oxygen atoms in total. The van der Waals surface area contributed by atoms with Crippen molar-refractivity contribution in [2.75, 3.05) is 29.1 Å². The summed E-state index contributed by atoms with van der Waals surface area (Å²) in [6.07, 6.45) is 0. The smallest absolute Gasteiger partial charge is 0.0992 e. The molecule has 0 heterocycles. The second-order valence-electron chi connectivity index (χ2n) is 3.27. The van der Waals surface area contributed by atoms with E-state index in [0.717, 1.165) is 5.69 Å². The van der Waals surface area contributed by atoms with Crippen LogP contribution in [0.15, 0.2) is 18.2 Å². The Balaban J connectivity index is 2.60. The van der Waals surface area contributed by atoms with E-state index in [1.807, 2.05) is 13.0 Å². The predicted octanol–water partition coefficient (Wildman–Crippen LogP) is 1.32. The SMILES string of the molecule is CCS(=O)CCNc1cc(C#N)ccc1N. The lowest BCUT2D eigenvalue weighted by atomic mass is 10.2. The third-order valence-corrected chi connectivity index (χ3v) is 3.45. The van der Waals surface area contributed by atoms with Crippen molar-refractivity contribution in [3.05, 3.63) is 23.8 Å². The van der Waals surface area contributed by atoms with Gasteiger partial charge in [-0.05, 0) is 18.2 Å². The van der Waals surface area contributed by atoms with E-state index in [2.05, 4.69) is 5.32 Å². The normalized spacial score (nSPS) is 11.8. The lowest BCUT2D eigenvalue weighted by Crippen LogP contribution is -2.13. The van der Waals surface area contributed by atoms with Crippen LogP contribution in [0.3, 0.4) is 0 Å². The summed E-state index contributed by atoms with van der Waals surface area (Å²) in [4.78, 5) is 0. The van der Waals surface area contributed by atoms with Crippen LogP contribution in [-0.4, -0.2) is 22.3 Å². The molecule has 1 atom stereocenters. The number of nitrogens with zero attached hydrogens (tertiary/aromatic N) is 1. The zero-order valence-corrected chi connectivity index (χ0v) is 10.0. The molecule has 1 rings (SSSR count). The van der Waals surface area contributed by atoms with Crippen LogP contribution in [-0.2, 0) is 10.8 Å². The topological polar surface area (TPSA) is 78.9 Å². The third-order valence-electron chi connectivity index (χ3n) is 2.15. The Morgan fingerprint density at radius 3 is 2.94 bits per heavy atom. The Kier molecular flexibility index (Phi) is 4.80. The second-order valence-corrected chi connectivity index (χ2v) is 5.14. The van der Waals surface area contributed by atoms with E-state index in [1.165, 1.54) is 0 Å². The van der Waals surface area contributed by atoms with Gasteiger partial charge in [-0.25, -0.2) is 0 Å². The maximum absolute atomic E-state index is 11.2. The van der Waals surface area contributed by atoms with Crippen LogP contribution >= 0.6 is 0 Å². The fourth-order valence-electron chi connectivity index (χ4n) is 1.22. The molecule has 0 saturated heterocycles. The Morgan fingerprint density at radius 2 is 2.31 bits per heavy atom. The zero-order chi connectivity index (χ0) is 12.0. The zero-order valence-electron chi connectivity index (χ0n) is 9.19. The average molecular weight is 237 g/mol. The van der Waals surface area contributed by atoms with E-state index in [-0.39, 0.29) is 0 Å². The molecule has 0 aliphatic heterocycles. The molecule has 1 aromatic carbocycles. The first-order valence-electron chi connectivity index (χ1n) is 5.05. The van der Waals surface area contributed by atoms with E-state index in [4.69, 9.17) is 11.0 Å². The summed E-state index contributed by atoms with van der Waals surface area (Å²) in [5.74, 6) is 1.25.